The number of hydrogen-bond donors (Lipinski definition) is 0. The van der Waals surface area contributed by atoms with Crippen LogP contribution in [0.3, 0.4) is 0 Å². The van der Waals surface area contributed by atoms with Crippen molar-refractivity contribution in [2.24, 2.45) is 11.3 Å². The lowest BCUT2D eigenvalue weighted by Gasteiger charge is -2.26. The first-order valence-electron chi connectivity index (χ1n) is 5.09. The Hall–Kier alpha value is -0.0400. The van der Waals surface area contributed by atoms with Gasteiger partial charge in [-0.25, -0.2) is 0 Å². The molecular formula is C10H17N. The van der Waals surface area contributed by atoms with Crippen molar-refractivity contribution in [3.63, 3.8) is 0 Å². The maximum atomic E-state index is 2.70. The molecule has 0 aromatic heterocycles. The van der Waals surface area contributed by atoms with Gasteiger partial charge >= 0.3 is 0 Å². The first kappa shape index (κ1) is 6.47. The van der Waals surface area contributed by atoms with Gasteiger partial charge in [0.15, 0.2) is 0 Å². The van der Waals surface area contributed by atoms with E-state index in [-0.39, 0.29) is 0 Å². The fourth-order valence-electron chi connectivity index (χ4n) is 3.04. The van der Waals surface area contributed by atoms with Crippen LogP contribution >= 0.6 is 0 Å². The third-order valence-corrected chi connectivity index (χ3v) is 3.94. The third-order valence-electron chi connectivity index (χ3n) is 3.94. The molecule has 4 aliphatic rings. The molecule has 1 spiro atoms. The van der Waals surface area contributed by atoms with Crippen LogP contribution in [-0.2, 0) is 0 Å². The van der Waals surface area contributed by atoms with Gasteiger partial charge in [0, 0.05) is 6.54 Å². The van der Waals surface area contributed by atoms with Crippen LogP contribution < -0.4 is 0 Å². The van der Waals surface area contributed by atoms with Crippen LogP contribution in [0.5, 0.6) is 0 Å². The van der Waals surface area contributed by atoms with E-state index < -0.39 is 0 Å². The van der Waals surface area contributed by atoms with E-state index in [4.69, 9.17) is 0 Å². The Bertz CT molecular complexity index is 148. The molecule has 0 N–H and O–H groups in total. The zero-order valence-electron chi connectivity index (χ0n) is 7.18. The normalized spacial score (nSPS) is 45.8. The summed E-state index contributed by atoms with van der Waals surface area (Å²) in [6, 6.07) is 0. The molecule has 1 aliphatic carbocycles. The van der Waals surface area contributed by atoms with Gasteiger partial charge < -0.3 is 4.90 Å². The zero-order valence-corrected chi connectivity index (χ0v) is 7.18. The molecule has 0 unspecified atom stereocenters. The summed E-state index contributed by atoms with van der Waals surface area (Å²) in [6.45, 7) is 4.27. The number of hydrogen-bond acceptors (Lipinski definition) is 1. The van der Waals surface area contributed by atoms with E-state index in [1.807, 2.05) is 0 Å². The van der Waals surface area contributed by atoms with E-state index >= 15 is 0 Å². The minimum atomic E-state index is 0.845. The zero-order chi connectivity index (χ0) is 7.31. The number of rotatable bonds is 0. The molecule has 4 fully saturated rings. The second-order valence-corrected chi connectivity index (χ2v) is 4.92. The van der Waals surface area contributed by atoms with Gasteiger partial charge in [-0.1, -0.05) is 0 Å². The van der Waals surface area contributed by atoms with Crippen molar-refractivity contribution in [3.8, 4) is 0 Å². The van der Waals surface area contributed by atoms with Gasteiger partial charge in [-0.2, -0.15) is 0 Å². The van der Waals surface area contributed by atoms with Gasteiger partial charge in [-0.15, -0.1) is 0 Å². The Labute approximate surface area is 68.8 Å². The highest BCUT2D eigenvalue weighted by atomic mass is 15.1. The van der Waals surface area contributed by atoms with E-state index in [0.717, 1.165) is 11.3 Å². The fourth-order valence-corrected chi connectivity index (χ4v) is 3.04. The van der Waals surface area contributed by atoms with Gasteiger partial charge in [-0.3, -0.25) is 0 Å². The summed E-state index contributed by atoms with van der Waals surface area (Å²) >= 11 is 0. The van der Waals surface area contributed by atoms with E-state index in [9.17, 15) is 0 Å². The molecule has 0 atom stereocenters. The standard InChI is InChI=1S/C10H17N/c1-5-11-6-2-9(1)7-10(8-11)3-4-10/h9H,1-8H2. The summed E-state index contributed by atoms with van der Waals surface area (Å²) in [6.07, 6.45) is 7.66. The van der Waals surface area contributed by atoms with E-state index in [1.165, 1.54) is 32.5 Å². The molecule has 3 heterocycles. The molecular weight excluding hydrogens is 134 g/mol. The first-order chi connectivity index (χ1) is 5.36. The van der Waals surface area contributed by atoms with Crippen molar-refractivity contribution in [2.45, 2.75) is 32.1 Å². The Kier molecular flexibility index (Phi) is 1.18. The quantitative estimate of drug-likeness (QED) is 0.511. The van der Waals surface area contributed by atoms with Gasteiger partial charge in [0.2, 0.25) is 0 Å². The molecule has 3 aliphatic heterocycles. The summed E-state index contributed by atoms with van der Waals surface area (Å²) in [5, 5.41) is 0. The maximum absolute atomic E-state index is 2.70. The molecule has 62 valence electrons. The molecule has 1 nitrogen and oxygen atoms in total. The van der Waals surface area contributed by atoms with Crippen molar-refractivity contribution in [3.05, 3.63) is 0 Å². The molecule has 2 bridgehead atoms. The van der Waals surface area contributed by atoms with Crippen LogP contribution in [-0.4, -0.2) is 24.5 Å². The van der Waals surface area contributed by atoms with Gasteiger partial charge in [0.05, 0.1) is 0 Å². The minimum absolute atomic E-state index is 0.845. The van der Waals surface area contributed by atoms with Crippen LogP contribution in [0.25, 0.3) is 0 Å². The highest BCUT2D eigenvalue weighted by molar-refractivity contribution is 5.00. The average molecular weight is 151 g/mol. The molecule has 1 saturated carbocycles. The van der Waals surface area contributed by atoms with Gasteiger partial charge in [0.25, 0.3) is 0 Å². The Morgan fingerprint density at radius 1 is 1.09 bits per heavy atom. The predicted molar refractivity (Wildman–Crippen MR) is 45.4 cm³/mol. The fraction of sp³-hybridized carbons (Fsp3) is 1.00. The molecule has 0 aromatic carbocycles. The largest absolute Gasteiger partial charge is 0.303 e. The van der Waals surface area contributed by atoms with Crippen LogP contribution in [0.4, 0.5) is 0 Å². The lowest BCUT2D eigenvalue weighted by Crippen LogP contribution is -2.31. The molecule has 0 amide bonds. The highest BCUT2D eigenvalue weighted by Gasteiger charge is 2.48. The molecule has 0 aromatic rings. The summed E-state index contributed by atoms with van der Waals surface area (Å²) < 4.78 is 0. The topological polar surface area (TPSA) is 3.24 Å². The van der Waals surface area contributed by atoms with E-state index in [0.29, 0.717) is 0 Å². The Morgan fingerprint density at radius 2 is 1.82 bits per heavy atom. The van der Waals surface area contributed by atoms with Crippen LogP contribution in [0, 0.1) is 11.3 Å². The highest BCUT2D eigenvalue weighted by Crippen LogP contribution is 2.54. The Balaban J connectivity index is 1.84. The second kappa shape index (κ2) is 2.01. The first-order valence-corrected chi connectivity index (χ1v) is 5.09. The molecule has 3 saturated heterocycles. The summed E-state index contributed by atoms with van der Waals surface area (Å²) in [7, 11) is 0. The molecule has 0 radical (unpaired) electrons. The van der Waals surface area contributed by atoms with Gasteiger partial charge in [0.1, 0.15) is 0 Å². The van der Waals surface area contributed by atoms with Crippen LogP contribution in [0.1, 0.15) is 32.1 Å². The van der Waals surface area contributed by atoms with Crippen molar-refractivity contribution >= 4 is 0 Å². The molecule has 4 rings (SSSR count). The summed E-state index contributed by atoms with van der Waals surface area (Å²) in [5.41, 5.74) is 0.845. The molecule has 11 heavy (non-hydrogen) atoms. The van der Waals surface area contributed by atoms with E-state index in [1.54, 1.807) is 19.3 Å². The smallest absolute Gasteiger partial charge is 0.00381 e. The van der Waals surface area contributed by atoms with Crippen molar-refractivity contribution in [1.82, 2.24) is 4.90 Å². The lowest BCUT2D eigenvalue weighted by molar-refractivity contribution is 0.216. The molecule has 1 heteroatoms. The van der Waals surface area contributed by atoms with Crippen LogP contribution in [0.2, 0.25) is 0 Å². The Morgan fingerprint density at radius 3 is 2.45 bits per heavy atom. The van der Waals surface area contributed by atoms with Crippen molar-refractivity contribution in [2.75, 3.05) is 19.6 Å². The van der Waals surface area contributed by atoms with Crippen molar-refractivity contribution < 1.29 is 0 Å². The van der Waals surface area contributed by atoms with Crippen molar-refractivity contribution in [1.29, 1.82) is 0 Å². The maximum Gasteiger partial charge on any atom is 0.00381 e. The lowest BCUT2D eigenvalue weighted by atomic mass is 9.89. The summed E-state index contributed by atoms with van der Waals surface area (Å²) in [4.78, 5) is 2.70. The summed E-state index contributed by atoms with van der Waals surface area (Å²) in [5.74, 6) is 1.11. The third kappa shape index (κ3) is 1.01. The van der Waals surface area contributed by atoms with Crippen LogP contribution in [0.15, 0.2) is 0 Å². The monoisotopic (exact) mass is 151 g/mol. The average Bonchev–Trinajstić information content (AvgIpc) is 2.80. The van der Waals surface area contributed by atoms with Gasteiger partial charge in [-0.05, 0) is 56.5 Å². The minimum Gasteiger partial charge on any atom is -0.303 e. The second-order valence-electron chi connectivity index (χ2n) is 4.92. The number of piperidine rings is 1. The van der Waals surface area contributed by atoms with E-state index in [2.05, 4.69) is 4.90 Å². The predicted octanol–water partition coefficient (Wildman–Crippen LogP) is 1.88. The number of fused-ring (bicyclic) bond motifs is 2. The SMILES string of the molecule is C1CN2CCC1CC1(CC1)C2. The number of nitrogens with zero attached hydrogens (tertiary/aromatic N) is 1.